The lowest BCUT2D eigenvalue weighted by Crippen LogP contribution is -2.25. The molecule has 0 saturated heterocycles. The summed E-state index contributed by atoms with van der Waals surface area (Å²) in [6, 6.07) is 3.44. The van der Waals surface area contributed by atoms with Crippen molar-refractivity contribution in [1.82, 2.24) is 0 Å². The lowest BCUT2D eigenvalue weighted by atomic mass is 10.1. The molecule has 19 heavy (non-hydrogen) atoms. The first-order valence-electron chi connectivity index (χ1n) is 5.54. The molecule has 106 valence electrons. The third-order valence-electron chi connectivity index (χ3n) is 2.39. The van der Waals surface area contributed by atoms with Gasteiger partial charge < -0.3 is 15.8 Å². The predicted octanol–water partition coefficient (Wildman–Crippen LogP) is 2.81. The number of nitrogens with two attached hydrogens (primary N) is 1. The molecule has 3 N–H and O–H groups in total. The molecule has 1 atom stereocenters. The van der Waals surface area contributed by atoms with E-state index < -0.39 is 24.6 Å². The average molecular weight is 276 g/mol. The highest BCUT2D eigenvalue weighted by Gasteiger charge is 2.30. The van der Waals surface area contributed by atoms with Gasteiger partial charge in [0, 0.05) is 17.4 Å². The van der Waals surface area contributed by atoms with Gasteiger partial charge in [-0.1, -0.05) is 0 Å². The summed E-state index contributed by atoms with van der Waals surface area (Å²) in [5.41, 5.74) is 6.23. The van der Waals surface area contributed by atoms with E-state index in [4.69, 9.17) is 5.73 Å². The number of benzene rings is 1. The quantitative estimate of drug-likeness (QED) is 0.655. The Hall–Kier alpha value is -1.92. The van der Waals surface area contributed by atoms with Crippen LogP contribution in [0, 0.1) is 0 Å². The van der Waals surface area contributed by atoms with E-state index in [0.717, 1.165) is 0 Å². The minimum atomic E-state index is -4.27. The standard InChI is InChI=1S/C12H15F3N2O2/c1-7(6-12(13,14)15)17-10-4-3-8(16)5-9(10)11(18)19-2/h3-5,7,17H,6,16H2,1-2H3. The molecule has 0 fully saturated rings. The molecule has 0 aliphatic carbocycles. The van der Waals surface area contributed by atoms with Crippen LogP contribution in [-0.2, 0) is 4.74 Å². The lowest BCUT2D eigenvalue weighted by molar-refractivity contribution is -0.136. The normalized spacial score (nSPS) is 12.9. The molecule has 0 spiro atoms. The van der Waals surface area contributed by atoms with Gasteiger partial charge in [0.15, 0.2) is 0 Å². The first-order chi connectivity index (χ1) is 8.73. The molecule has 0 saturated carbocycles. The minimum Gasteiger partial charge on any atom is -0.465 e. The summed E-state index contributed by atoms with van der Waals surface area (Å²) in [5, 5.41) is 2.63. The van der Waals surface area contributed by atoms with E-state index in [1.54, 1.807) is 0 Å². The Balaban J connectivity index is 2.91. The van der Waals surface area contributed by atoms with Crippen LogP contribution in [0.5, 0.6) is 0 Å². The fourth-order valence-electron chi connectivity index (χ4n) is 1.63. The van der Waals surface area contributed by atoms with Crippen molar-refractivity contribution in [3.05, 3.63) is 23.8 Å². The van der Waals surface area contributed by atoms with E-state index in [-0.39, 0.29) is 11.3 Å². The second kappa shape index (κ2) is 5.81. The van der Waals surface area contributed by atoms with Crippen molar-refractivity contribution in [2.24, 2.45) is 0 Å². The van der Waals surface area contributed by atoms with Crippen molar-refractivity contribution in [1.29, 1.82) is 0 Å². The molecule has 0 aliphatic rings. The zero-order chi connectivity index (χ0) is 14.6. The van der Waals surface area contributed by atoms with Crippen LogP contribution >= 0.6 is 0 Å². The van der Waals surface area contributed by atoms with E-state index >= 15 is 0 Å². The number of esters is 1. The van der Waals surface area contributed by atoms with Gasteiger partial charge in [0.05, 0.1) is 19.1 Å². The lowest BCUT2D eigenvalue weighted by Gasteiger charge is -2.19. The Morgan fingerprint density at radius 2 is 2.11 bits per heavy atom. The number of anilines is 2. The first-order valence-corrected chi connectivity index (χ1v) is 5.54. The summed E-state index contributed by atoms with van der Waals surface area (Å²) >= 11 is 0. The Kier molecular flexibility index (Phi) is 4.63. The third kappa shape index (κ3) is 4.69. The Bertz CT molecular complexity index is 461. The van der Waals surface area contributed by atoms with Crippen LogP contribution in [0.3, 0.4) is 0 Å². The summed E-state index contributed by atoms with van der Waals surface area (Å²) in [5.74, 6) is -0.658. The summed E-state index contributed by atoms with van der Waals surface area (Å²) in [7, 11) is 1.19. The topological polar surface area (TPSA) is 64.3 Å². The molecule has 1 rings (SSSR count). The van der Waals surface area contributed by atoms with Gasteiger partial charge in [-0.2, -0.15) is 13.2 Å². The van der Waals surface area contributed by atoms with Crippen molar-refractivity contribution in [2.45, 2.75) is 25.6 Å². The molecule has 0 aromatic heterocycles. The van der Waals surface area contributed by atoms with Gasteiger partial charge in [-0.25, -0.2) is 4.79 Å². The van der Waals surface area contributed by atoms with E-state index in [1.165, 1.54) is 32.2 Å². The van der Waals surface area contributed by atoms with Crippen LogP contribution in [0.4, 0.5) is 24.5 Å². The smallest absolute Gasteiger partial charge is 0.391 e. The first kappa shape index (κ1) is 15.1. The second-order valence-electron chi connectivity index (χ2n) is 4.16. The zero-order valence-electron chi connectivity index (χ0n) is 10.5. The number of nitrogens with one attached hydrogen (secondary N) is 1. The second-order valence-corrected chi connectivity index (χ2v) is 4.16. The molecule has 7 heteroatoms. The molecule has 0 heterocycles. The molecule has 1 unspecified atom stereocenters. The molecular weight excluding hydrogens is 261 g/mol. The van der Waals surface area contributed by atoms with Crippen LogP contribution in [-0.4, -0.2) is 25.3 Å². The maximum absolute atomic E-state index is 12.2. The number of rotatable bonds is 4. The van der Waals surface area contributed by atoms with Gasteiger partial charge >= 0.3 is 12.1 Å². The van der Waals surface area contributed by atoms with Gasteiger partial charge in [0.25, 0.3) is 0 Å². The van der Waals surface area contributed by atoms with Crippen LogP contribution in [0.25, 0.3) is 0 Å². The zero-order valence-corrected chi connectivity index (χ0v) is 10.5. The monoisotopic (exact) mass is 276 g/mol. The Morgan fingerprint density at radius 1 is 1.47 bits per heavy atom. The minimum absolute atomic E-state index is 0.108. The Morgan fingerprint density at radius 3 is 2.63 bits per heavy atom. The number of ether oxygens (including phenoxy) is 1. The largest absolute Gasteiger partial charge is 0.465 e. The summed E-state index contributed by atoms with van der Waals surface area (Å²) in [6.45, 7) is 1.38. The molecule has 1 aromatic rings. The van der Waals surface area contributed by atoms with Crippen molar-refractivity contribution in [2.75, 3.05) is 18.2 Å². The molecule has 1 aromatic carbocycles. The summed E-state index contributed by atoms with van der Waals surface area (Å²) in [6.07, 6.45) is -5.27. The molecule has 0 bridgehead atoms. The SMILES string of the molecule is COC(=O)c1cc(N)ccc1NC(C)CC(F)(F)F. The number of alkyl halides is 3. The van der Waals surface area contributed by atoms with E-state index in [1.807, 2.05) is 0 Å². The number of hydrogen-bond acceptors (Lipinski definition) is 4. The summed E-state index contributed by atoms with van der Waals surface area (Å²) < 4.78 is 41.3. The number of nitrogen functional groups attached to an aromatic ring is 1. The molecular formula is C12H15F3N2O2. The van der Waals surface area contributed by atoms with E-state index in [9.17, 15) is 18.0 Å². The maximum Gasteiger partial charge on any atom is 0.391 e. The van der Waals surface area contributed by atoms with Crippen molar-refractivity contribution < 1.29 is 22.7 Å². The van der Waals surface area contributed by atoms with Crippen LogP contribution in [0.1, 0.15) is 23.7 Å². The summed E-state index contributed by atoms with van der Waals surface area (Å²) in [4.78, 5) is 11.5. The van der Waals surface area contributed by atoms with E-state index in [0.29, 0.717) is 5.69 Å². The highest BCUT2D eigenvalue weighted by Crippen LogP contribution is 2.25. The predicted molar refractivity (Wildman–Crippen MR) is 66.0 cm³/mol. The molecule has 4 nitrogen and oxygen atoms in total. The number of halogens is 3. The van der Waals surface area contributed by atoms with Crippen molar-refractivity contribution >= 4 is 17.3 Å². The fourth-order valence-corrected chi connectivity index (χ4v) is 1.63. The van der Waals surface area contributed by atoms with Crippen molar-refractivity contribution in [3.63, 3.8) is 0 Å². The molecule has 0 amide bonds. The number of methoxy groups -OCH3 is 1. The van der Waals surface area contributed by atoms with Gasteiger partial charge in [-0.05, 0) is 25.1 Å². The number of carbonyl (C=O) groups is 1. The van der Waals surface area contributed by atoms with Crippen molar-refractivity contribution in [3.8, 4) is 0 Å². The highest BCUT2D eigenvalue weighted by atomic mass is 19.4. The Labute approximate surface area is 108 Å². The third-order valence-corrected chi connectivity index (χ3v) is 2.39. The fraction of sp³-hybridized carbons (Fsp3) is 0.417. The van der Waals surface area contributed by atoms with Crippen LogP contribution in [0.2, 0.25) is 0 Å². The highest BCUT2D eigenvalue weighted by molar-refractivity contribution is 5.96. The van der Waals surface area contributed by atoms with Gasteiger partial charge in [0.2, 0.25) is 0 Å². The molecule has 0 aliphatic heterocycles. The molecule has 0 radical (unpaired) electrons. The van der Waals surface area contributed by atoms with E-state index in [2.05, 4.69) is 10.1 Å². The van der Waals surface area contributed by atoms with Gasteiger partial charge in [-0.15, -0.1) is 0 Å². The maximum atomic E-state index is 12.2. The van der Waals surface area contributed by atoms with Gasteiger partial charge in [0.1, 0.15) is 0 Å². The van der Waals surface area contributed by atoms with Crippen LogP contribution in [0.15, 0.2) is 18.2 Å². The number of carbonyl (C=O) groups excluding carboxylic acids is 1. The van der Waals surface area contributed by atoms with Gasteiger partial charge in [-0.3, -0.25) is 0 Å². The van der Waals surface area contributed by atoms with Crippen LogP contribution < -0.4 is 11.1 Å². The average Bonchev–Trinajstić information content (AvgIpc) is 2.28. The number of hydrogen-bond donors (Lipinski definition) is 2.